The minimum atomic E-state index is -4.60. The monoisotopic (exact) mass is 368 g/mol. The van der Waals surface area contributed by atoms with Gasteiger partial charge in [-0.05, 0) is 42.5 Å². The van der Waals surface area contributed by atoms with Gasteiger partial charge in [0.25, 0.3) is 5.91 Å². The predicted molar refractivity (Wildman–Crippen MR) is 89.3 cm³/mol. The molecule has 8 heteroatoms. The number of rotatable bonds is 3. The van der Waals surface area contributed by atoms with Crippen LogP contribution in [0.25, 0.3) is 10.9 Å². The molecule has 0 fully saturated rings. The van der Waals surface area contributed by atoms with Crippen LogP contribution in [0.2, 0.25) is 5.02 Å². The van der Waals surface area contributed by atoms with Crippen molar-refractivity contribution in [1.29, 1.82) is 0 Å². The Morgan fingerprint density at radius 3 is 2.60 bits per heavy atom. The van der Waals surface area contributed by atoms with Crippen molar-refractivity contribution >= 4 is 34.1 Å². The summed E-state index contributed by atoms with van der Waals surface area (Å²) in [6, 6.07) is 10.0. The van der Waals surface area contributed by atoms with Crippen molar-refractivity contribution in [3.05, 3.63) is 58.7 Å². The van der Waals surface area contributed by atoms with E-state index in [0.29, 0.717) is 11.3 Å². The van der Waals surface area contributed by atoms with E-state index >= 15 is 0 Å². The Labute approximate surface area is 145 Å². The molecule has 0 spiro atoms. The smallest absolute Gasteiger partial charge is 0.417 e. The molecule has 2 N–H and O–H groups in total. The number of benzene rings is 2. The van der Waals surface area contributed by atoms with Crippen LogP contribution in [-0.4, -0.2) is 18.0 Å². The molecule has 0 atom stereocenters. The lowest BCUT2D eigenvalue weighted by molar-refractivity contribution is -0.137. The minimum Gasteiger partial charge on any atom is -0.497 e. The largest absolute Gasteiger partial charge is 0.497 e. The van der Waals surface area contributed by atoms with E-state index < -0.39 is 22.7 Å². The van der Waals surface area contributed by atoms with E-state index in [1.165, 1.54) is 13.2 Å². The lowest BCUT2D eigenvalue weighted by Gasteiger charge is -2.11. The fraction of sp³-hybridized carbons (Fsp3) is 0.118. The molecule has 0 unspecified atom stereocenters. The van der Waals surface area contributed by atoms with Gasteiger partial charge in [-0.1, -0.05) is 11.6 Å². The van der Waals surface area contributed by atoms with Crippen LogP contribution in [0.1, 0.15) is 16.1 Å². The number of ether oxygens (including phenoxy) is 1. The molecule has 0 bridgehead atoms. The van der Waals surface area contributed by atoms with Gasteiger partial charge in [-0.25, -0.2) is 0 Å². The van der Waals surface area contributed by atoms with Crippen molar-refractivity contribution in [3.8, 4) is 5.75 Å². The SMILES string of the molecule is COc1ccc2[nH]c(C(=O)Nc3ccc(Cl)c(C(F)(F)F)c3)cc2c1. The summed E-state index contributed by atoms with van der Waals surface area (Å²) in [5.74, 6) is 0.0663. The molecule has 0 aliphatic rings. The third-order valence-corrected chi connectivity index (χ3v) is 3.93. The second kappa shape index (κ2) is 6.33. The van der Waals surface area contributed by atoms with Crippen LogP contribution >= 0.6 is 11.6 Å². The highest BCUT2D eigenvalue weighted by Crippen LogP contribution is 2.36. The van der Waals surface area contributed by atoms with E-state index in [1.807, 2.05) is 0 Å². The topological polar surface area (TPSA) is 54.1 Å². The van der Waals surface area contributed by atoms with Crippen LogP contribution in [0.5, 0.6) is 5.75 Å². The van der Waals surface area contributed by atoms with Crippen molar-refractivity contribution in [1.82, 2.24) is 4.98 Å². The lowest BCUT2D eigenvalue weighted by Crippen LogP contribution is -2.13. The molecule has 3 rings (SSSR count). The van der Waals surface area contributed by atoms with Crippen LogP contribution in [-0.2, 0) is 6.18 Å². The second-order valence-electron chi connectivity index (χ2n) is 5.28. The summed E-state index contributed by atoms with van der Waals surface area (Å²) in [5.41, 5.74) is -0.0869. The van der Waals surface area contributed by atoms with Gasteiger partial charge in [0, 0.05) is 16.6 Å². The summed E-state index contributed by atoms with van der Waals surface area (Å²) >= 11 is 5.57. The number of H-pyrrole nitrogens is 1. The summed E-state index contributed by atoms with van der Waals surface area (Å²) in [6.45, 7) is 0. The van der Waals surface area contributed by atoms with Crippen molar-refractivity contribution in [2.24, 2.45) is 0 Å². The van der Waals surface area contributed by atoms with Gasteiger partial charge in [0.2, 0.25) is 0 Å². The van der Waals surface area contributed by atoms with Crippen molar-refractivity contribution in [3.63, 3.8) is 0 Å². The van der Waals surface area contributed by atoms with Crippen LogP contribution in [0, 0.1) is 0 Å². The van der Waals surface area contributed by atoms with E-state index in [-0.39, 0.29) is 11.4 Å². The second-order valence-corrected chi connectivity index (χ2v) is 5.69. The molecule has 3 aromatic rings. The molecule has 0 aliphatic heterocycles. The van der Waals surface area contributed by atoms with Gasteiger partial charge in [0.1, 0.15) is 11.4 Å². The van der Waals surface area contributed by atoms with Crippen LogP contribution in [0.15, 0.2) is 42.5 Å². The van der Waals surface area contributed by atoms with Crippen LogP contribution in [0.3, 0.4) is 0 Å². The molecule has 0 radical (unpaired) electrons. The van der Waals surface area contributed by atoms with Gasteiger partial charge >= 0.3 is 6.18 Å². The van der Waals surface area contributed by atoms with Crippen LogP contribution < -0.4 is 10.1 Å². The molecule has 25 heavy (non-hydrogen) atoms. The maximum absolute atomic E-state index is 12.9. The Hall–Kier alpha value is -2.67. The molecule has 130 valence electrons. The number of halogens is 4. The van der Waals surface area contributed by atoms with Crippen molar-refractivity contribution in [2.75, 3.05) is 12.4 Å². The number of nitrogens with one attached hydrogen (secondary N) is 2. The maximum atomic E-state index is 12.9. The molecular formula is C17H12ClF3N2O2. The standard InChI is InChI=1S/C17H12ClF3N2O2/c1-25-11-3-5-14-9(6-11)7-15(23-14)16(24)22-10-2-4-13(18)12(8-10)17(19,20)21/h2-8,23H,1H3,(H,22,24). The van der Waals surface area contributed by atoms with Gasteiger partial charge in [0.15, 0.2) is 0 Å². The Kier molecular flexibility index (Phi) is 4.34. The predicted octanol–water partition coefficient (Wildman–Crippen LogP) is 5.10. The molecule has 1 amide bonds. The molecule has 0 saturated carbocycles. The van der Waals surface area contributed by atoms with Gasteiger partial charge < -0.3 is 15.0 Å². The highest BCUT2D eigenvalue weighted by Gasteiger charge is 2.33. The highest BCUT2D eigenvalue weighted by atomic mass is 35.5. The van der Waals surface area contributed by atoms with E-state index in [2.05, 4.69) is 10.3 Å². The maximum Gasteiger partial charge on any atom is 0.417 e. The molecule has 0 saturated heterocycles. The first-order valence-electron chi connectivity index (χ1n) is 7.13. The zero-order chi connectivity index (χ0) is 18.2. The first-order valence-corrected chi connectivity index (χ1v) is 7.50. The van der Waals surface area contributed by atoms with E-state index in [1.54, 1.807) is 24.3 Å². The van der Waals surface area contributed by atoms with Gasteiger partial charge in [0.05, 0.1) is 17.7 Å². The fourth-order valence-electron chi connectivity index (χ4n) is 2.38. The van der Waals surface area contributed by atoms with Gasteiger partial charge in [-0.3, -0.25) is 4.79 Å². The summed E-state index contributed by atoms with van der Waals surface area (Å²) in [4.78, 5) is 15.2. The van der Waals surface area contributed by atoms with Crippen molar-refractivity contribution in [2.45, 2.75) is 6.18 Å². The Bertz CT molecular complexity index is 951. The van der Waals surface area contributed by atoms with E-state index in [0.717, 1.165) is 17.5 Å². The molecule has 2 aromatic carbocycles. The average molecular weight is 369 g/mol. The quantitative estimate of drug-likeness (QED) is 0.675. The number of methoxy groups -OCH3 is 1. The number of carbonyl (C=O) groups is 1. The number of hydrogen-bond donors (Lipinski definition) is 2. The Morgan fingerprint density at radius 1 is 1.16 bits per heavy atom. The number of aromatic amines is 1. The third kappa shape index (κ3) is 3.56. The number of alkyl halides is 3. The number of amides is 1. The Balaban J connectivity index is 1.87. The number of aromatic nitrogens is 1. The zero-order valence-corrected chi connectivity index (χ0v) is 13.6. The van der Waals surface area contributed by atoms with Gasteiger partial charge in [-0.15, -0.1) is 0 Å². The number of hydrogen-bond acceptors (Lipinski definition) is 2. The Morgan fingerprint density at radius 2 is 1.92 bits per heavy atom. The number of fused-ring (bicyclic) bond motifs is 1. The molecule has 4 nitrogen and oxygen atoms in total. The third-order valence-electron chi connectivity index (χ3n) is 3.60. The summed E-state index contributed by atoms with van der Waals surface area (Å²) in [6.07, 6.45) is -4.60. The van der Waals surface area contributed by atoms with Crippen LogP contribution in [0.4, 0.5) is 18.9 Å². The number of carbonyl (C=O) groups excluding carboxylic acids is 1. The summed E-state index contributed by atoms with van der Waals surface area (Å²) < 4.78 is 43.8. The number of anilines is 1. The first kappa shape index (κ1) is 17.2. The molecule has 1 heterocycles. The molecule has 0 aliphatic carbocycles. The molecular weight excluding hydrogens is 357 g/mol. The normalized spacial score (nSPS) is 11.6. The summed E-state index contributed by atoms with van der Waals surface area (Å²) in [5, 5.41) is 2.75. The van der Waals surface area contributed by atoms with Gasteiger partial charge in [-0.2, -0.15) is 13.2 Å². The minimum absolute atomic E-state index is 0.00189. The van der Waals surface area contributed by atoms with E-state index in [9.17, 15) is 18.0 Å². The average Bonchev–Trinajstić information content (AvgIpc) is 2.98. The fourth-order valence-corrected chi connectivity index (χ4v) is 2.60. The lowest BCUT2D eigenvalue weighted by atomic mass is 10.2. The highest BCUT2D eigenvalue weighted by molar-refractivity contribution is 6.31. The summed E-state index contributed by atoms with van der Waals surface area (Å²) in [7, 11) is 1.53. The molecule has 1 aromatic heterocycles. The zero-order valence-electron chi connectivity index (χ0n) is 12.9. The van der Waals surface area contributed by atoms with Crippen molar-refractivity contribution < 1.29 is 22.7 Å². The van der Waals surface area contributed by atoms with E-state index in [4.69, 9.17) is 16.3 Å². The first-order chi connectivity index (χ1) is 11.8.